The highest BCUT2D eigenvalue weighted by molar-refractivity contribution is 5.06. The summed E-state index contributed by atoms with van der Waals surface area (Å²) < 4.78 is 95.6. The summed E-state index contributed by atoms with van der Waals surface area (Å²) in [6.07, 6.45) is -11.6. The van der Waals surface area contributed by atoms with Gasteiger partial charge in [0.25, 0.3) is 0 Å². The Hall–Kier alpha value is -0.600. The summed E-state index contributed by atoms with van der Waals surface area (Å²) in [5.74, 6) is -11.5. The molecule has 0 aromatic heterocycles. The molecule has 0 amide bonds. The zero-order valence-electron chi connectivity index (χ0n) is 5.43. The van der Waals surface area contributed by atoms with Crippen LogP contribution in [0.5, 0.6) is 0 Å². The Kier molecular flexibility index (Phi) is 1.67. The molecule has 1 aliphatic rings. The van der Waals surface area contributed by atoms with Crippen LogP contribution in [0, 0.1) is 0 Å². The van der Waals surface area contributed by atoms with Crippen molar-refractivity contribution in [3.63, 3.8) is 0 Å². The molecule has 0 aromatic carbocycles. The van der Waals surface area contributed by atoms with Gasteiger partial charge in [-0.05, 0) is 0 Å². The lowest BCUT2D eigenvalue weighted by Gasteiger charge is -2.47. The van der Waals surface area contributed by atoms with Crippen LogP contribution in [0.3, 0.4) is 0 Å². The van der Waals surface area contributed by atoms with E-state index in [9.17, 15) is 35.1 Å². The quantitative estimate of drug-likeness (QED) is 0.565. The van der Waals surface area contributed by atoms with Crippen molar-refractivity contribution in [3.8, 4) is 0 Å². The summed E-state index contributed by atoms with van der Waals surface area (Å²) in [5, 5.41) is 0. The lowest BCUT2D eigenvalue weighted by atomic mass is 10.0. The van der Waals surface area contributed by atoms with Crippen LogP contribution in [0.4, 0.5) is 35.1 Å². The SMILES string of the molecule is FC(F)(F)C1(F)OC(F)(F)C1(F)F. The lowest BCUT2D eigenvalue weighted by molar-refractivity contribution is -0.592. The minimum Gasteiger partial charge on any atom is -0.264 e. The molecule has 0 bridgehead atoms. The lowest BCUT2D eigenvalue weighted by Crippen LogP contribution is -2.77. The fourth-order valence-corrected chi connectivity index (χ4v) is 0.682. The summed E-state index contributed by atoms with van der Waals surface area (Å²) in [7, 11) is 0. The van der Waals surface area contributed by atoms with Crippen molar-refractivity contribution in [2.45, 2.75) is 24.1 Å². The number of ether oxygens (including phenoxy) is 1. The predicted octanol–water partition coefficient (Wildman–Crippen LogP) is 2.47. The third-order valence-corrected chi connectivity index (χ3v) is 1.40. The molecule has 13 heavy (non-hydrogen) atoms. The Morgan fingerprint density at radius 1 is 0.846 bits per heavy atom. The molecule has 0 N–H and O–H groups in total. The standard InChI is InChI=1S/C4F8O/c5-1(6)2(7,3(8,9)10)13-4(1,11)12. The molecular formula is C4F8O. The number of rotatable bonds is 0. The van der Waals surface area contributed by atoms with Gasteiger partial charge in [0.1, 0.15) is 0 Å². The van der Waals surface area contributed by atoms with E-state index in [0.717, 1.165) is 0 Å². The summed E-state index contributed by atoms with van der Waals surface area (Å²) in [6.45, 7) is 0. The molecule has 1 fully saturated rings. The average Bonchev–Trinajstić information content (AvgIpc) is 1.83. The third-order valence-electron chi connectivity index (χ3n) is 1.40. The molecule has 1 unspecified atom stereocenters. The molecule has 0 aromatic rings. The Morgan fingerprint density at radius 2 is 1.23 bits per heavy atom. The van der Waals surface area contributed by atoms with E-state index in [1.165, 1.54) is 0 Å². The first-order valence-corrected chi connectivity index (χ1v) is 2.67. The predicted molar refractivity (Wildman–Crippen MR) is 20.9 cm³/mol. The number of alkyl halides is 8. The fraction of sp³-hybridized carbons (Fsp3) is 1.00. The highest BCUT2D eigenvalue weighted by Gasteiger charge is 2.93. The van der Waals surface area contributed by atoms with Crippen LogP contribution in [-0.2, 0) is 4.74 Å². The highest BCUT2D eigenvalue weighted by atomic mass is 19.4. The van der Waals surface area contributed by atoms with Crippen molar-refractivity contribution in [1.82, 2.24) is 0 Å². The second kappa shape index (κ2) is 2.07. The Morgan fingerprint density at radius 3 is 1.31 bits per heavy atom. The molecule has 1 rings (SSSR count). The molecule has 1 saturated heterocycles. The summed E-state index contributed by atoms with van der Waals surface area (Å²) in [6, 6.07) is 0. The topological polar surface area (TPSA) is 9.23 Å². The van der Waals surface area contributed by atoms with Crippen molar-refractivity contribution in [1.29, 1.82) is 0 Å². The molecule has 0 aliphatic carbocycles. The van der Waals surface area contributed by atoms with Crippen LogP contribution in [0.2, 0.25) is 0 Å². The van der Waals surface area contributed by atoms with Gasteiger partial charge in [-0.25, -0.2) is 0 Å². The first-order chi connectivity index (χ1) is 5.46. The van der Waals surface area contributed by atoms with Crippen LogP contribution >= 0.6 is 0 Å². The zero-order chi connectivity index (χ0) is 10.7. The van der Waals surface area contributed by atoms with Gasteiger partial charge >= 0.3 is 24.1 Å². The van der Waals surface area contributed by atoms with Gasteiger partial charge in [0.05, 0.1) is 0 Å². The monoisotopic (exact) mass is 216 g/mol. The van der Waals surface area contributed by atoms with E-state index in [2.05, 4.69) is 4.74 Å². The Labute approximate surface area is 65.3 Å². The Bertz CT molecular complexity index is 231. The van der Waals surface area contributed by atoms with Crippen LogP contribution in [0.25, 0.3) is 0 Å². The molecular weight excluding hydrogens is 216 g/mol. The smallest absolute Gasteiger partial charge is 0.264 e. The minimum atomic E-state index is -6.20. The molecule has 1 atom stereocenters. The maximum atomic E-state index is 12.1. The molecule has 0 spiro atoms. The second-order valence-electron chi connectivity index (χ2n) is 2.29. The molecule has 0 radical (unpaired) electrons. The van der Waals surface area contributed by atoms with Gasteiger partial charge in [0, 0.05) is 0 Å². The van der Waals surface area contributed by atoms with Gasteiger partial charge in [-0.15, -0.1) is 0 Å². The fourth-order valence-electron chi connectivity index (χ4n) is 0.682. The van der Waals surface area contributed by atoms with Gasteiger partial charge in [0.2, 0.25) is 0 Å². The second-order valence-corrected chi connectivity index (χ2v) is 2.29. The molecule has 1 aliphatic heterocycles. The van der Waals surface area contributed by atoms with Crippen LogP contribution in [0.1, 0.15) is 0 Å². The average molecular weight is 216 g/mol. The summed E-state index contributed by atoms with van der Waals surface area (Å²) in [4.78, 5) is 0. The van der Waals surface area contributed by atoms with Crippen molar-refractivity contribution in [3.05, 3.63) is 0 Å². The van der Waals surface area contributed by atoms with Crippen molar-refractivity contribution >= 4 is 0 Å². The van der Waals surface area contributed by atoms with E-state index in [1.54, 1.807) is 0 Å². The van der Waals surface area contributed by atoms with Crippen LogP contribution in [0.15, 0.2) is 0 Å². The van der Waals surface area contributed by atoms with Gasteiger partial charge in [-0.1, -0.05) is 0 Å². The van der Waals surface area contributed by atoms with Crippen molar-refractivity contribution in [2.75, 3.05) is 0 Å². The minimum absolute atomic E-state index is 2.22. The van der Waals surface area contributed by atoms with Gasteiger partial charge in [0.15, 0.2) is 0 Å². The Balaban J connectivity index is 3.02. The third kappa shape index (κ3) is 0.960. The van der Waals surface area contributed by atoms with Gasteiger partial charge in [-0.2, -0.15) is 35.1 Å². The maximum Gasteiger partial charge on any atom is 0.455 e. The molecule has 78 valence electrons. The number of halogens is 8. The normalized spacial score (nSPS) is 36.9. The van der Waals surface area contributed by atoms with Gasteiger partial charge < -0.3 is 0 Å². The first-order valence-electron chi connectivity index (χ1n) is 2.67. The highest BCUT2D eigenvalue weighted by Crippen LogP contribution is 2.63. The van der Waals surface area contributed by atoms with E-state index in [0.29, 0.717) is 0 Å². The van der Waals surface area contributed by atoms with Crippen molar-refractivity contribution in [2.24, 2.45) is 0 Å². The first kappa shape index (κ1) is 10.5. The maximum absolute atomic E-state index is 12.1. The van der Waals surface area contributed by atoms with E-state index < -0.39 is 24.1 Å². The van der Waals surface area contributed by atoms with E-state index in [4.69, 9.17) is 0 Å². The van der Waals surface area contributed by atoms with Crippen LogP contribution in [-0.4, -0.2) is 24.1 Å². The summed E-state index contributed by atoms with van der Waals surface area (Å²) in [5.41, 5.74) is 0. The van der Waals surface area contributed by atoms with Crippen LogP contribution < -0.4 is 0 Å². The molecule has 1 heterocycles. The van der Waals surface area contributed by atoms with Gasteiger partial charge in [-0.3, -0.25) is 4.74 Å². The number of hydrogen-bond donors (Lipinski definition) is 0. The molecule has 1 nitrogen and oxygen atoms in total. The number of hydrogen-bond acceptors (Lipinski definition) is 1. The molecule has 9 heteroatoms. The summed E-state index contributed by atoms with van der Waals surface area (Å²) >= 11 is 0. The van der Waals surface area contributed by atoms with Crippen molar-refractivity contribution < 1.29 is 39.9 Å². The molecule has 0 saturated carbocycles. The van der Waals surface area contributed by atoms with E-state index in [-0.39, 0.29) is 0 Å². The largest absolute Gasteiger partial charge is 0.455 e. The van der Waals surface area contributed by atoms with E-state index in [1.807, 2.05) is 0 Å². The van der Waals surface area contributed by atoms with E-state index >= 15 is 0 Å². The zero-order valence-corrected chi connectivity index (χ0v) is 5.43.